The van der Waals surface area contributed by atoms with E-state index in [-0.39, 0.29) is 18.5 Å². The second kappa shape index (κ2) is 8.14. The molecular formula is C19H23ClN2O. The smallest absolute Gasteiger partial charge is 0.238 e. The lowest BCUT2D eigenvalue weighted by molar-refractivity contribution is -0.115. The normalized spacial score (nSPS) is 12.2. The highest BCUT2D eigenvalue weighted by Crippen LogP contribution is 2.23. The van der Waals surface area contributed by atoms with Crippen LogP contribution in [-0.4, -0.2) is 12.5 Å². The van der Waals surface area contributed by atoms with Crippen LogP contribution in [0.25, 0.3) is 0 Å². The molecule has 2 aromatic rings. The molecule has 0 heterocycles. The van der Waals surface area contributed by atoms with Crippen molar-refractivity contribution in [3.8, 4) is 0 Å². The monoisotopic (exact) mass is 330 g/mol. The van der Waals surface area contributed by atoms with Crippen molar-refractivity contribution in [1.82, 2.24) is 5.32 Å². The minimum absolute atomic E-state index is 0.0723. The maximum absolute atomic E-state index is 12.2. The number of benzene rings is 2. The minimum atomic E-state index is -0.0723. The first-order valence-electron chi connectivity index (χ1n) is 7.82. The lowest BCUT2D eigenvalue weighted by atomic mass is 9.96. The Kier molecular flexibility index (Phi) is 6.20. The molecule has 122 valence electrons. The van der Waals surface area contributed by atoms with Crippen LogP contribution in [0.4, 0.5) is 5.69 Å². The Balaban J connectivity index is 1.98. The Hall–Kier alpha value is -1.84. The largest absolute Gasteiger partial charge is 0.325 e. The molecule has 2 rings (SSSR count). The first kappa shape index (κ1) is 17.5. The first-order chi connectivity index (χ1) is 11.0. The molecule has 4 heteroatoms. The van der Waals surface area contributed by atoms with Gasteiger partial charge in [0.15, 0.2) is 0 Å². The summed E-state index contributed by atoms with van der Waals surface area (Å²) in [6.07, 6.45) is 0. The molecule has 0 radical (unpaired) electrons. The first-order valence-corrected chi connectivity index (χ1v) is 8.20. The molecule has 0 bridgehead atoms. The molecule has 0 unspecified atom stereocenters. The second-order valence-corrected chi connectivity index (χ2v) is 6.38. The average Bonchev–Trinajstić information content (AvgIpc) is 2.53. The highest BCUT2D eigenvalue weighted by molar-refractivity contribution is 6.31. The van der Waals surface area contributed by atoms with Crippen molar-refractivity contribution >= 4 is 23.2 Å². The van der Waals surface area contributed by atoms with Crippen molar-refractivity contribution in [2.24, 2.45) is 5.92 Å². The van der Waals surface area contributed by atoms with Crippen LogP contribution in [0, 0.1) is 12.8 Å². The summed E-state index contributed by atoms with van der Waals surface area (Å²) in [5, 5.41) is 6.91. The van der Waals surface area contributed by atoms with Gasteiger partial charge in [0, 0.05) is 16.8 Å². The molecule has 23 heavy (non-hydrogen) atoms. The van der Waals surface area contributed by atoms with Crippen molar-refractivity contribution in [3.63, 3.8) is 0 Å². The van der Waals surface area contributed by atoms with E-state index in [1.807, 2.05) is 43.3 Å². The Morgan fingerprint density at radius 3 is 2.43 bits per heavy atom. The third kappa shape index (κ3) is 4.81. The van der Waals surface area contributed by atoms with Crippen molar-refractivity contribution in [3.05, 3.63) is 64.7 Å². The van der Waals surface area contributed by atoms with E-state index in [2.05, 4.69) is 36.6 Å². The number of anilines is 1. The molecule has 3 nitrogen and oxygen atoms in total. The summed E-state index contributed by atoms with van der Waals surface area (Å²) in [5.41, 5.74) is 2.82. The zero-order valence-electron chi connectivity index (χ0n) is 13.8. The highest BCUT2D eigenvalue weighted by atomic mass is 35.5. The standard InChI is InChI=1S/C19H23ClN2O/c1-13(2)19(15-8-5-4-6-9-15)21-12-18(23)22-17-11-7-10-16(20)14(17)3/h4-11,13,19,21H,12H2,1-3H3,(H,22,23)/t19-/m0/s1. The van der Waals surface area contributed by atoms with Gasteiger partial charge in [-0.25, -0.2) is 0 Å². The topological polar surface area (TPSA) is 41.1 Å². The summed E-state index contributed by atoms with van der Waals surface area (Å²) >= 11 is 6.08. The zero-order valence-corrected chi connectivity index (χ0v) is 14.5. The van der Waals surface area contributed by atoms with E-state index in [9.17, 15) is 4.79 Å². The zero-order chi connectivity index (χ0) is 16.8. The molecule has 2 aromatic carbocycles. The van der Waals surface area contributed by atoms with E-state index in [1.54, 1.807) is 0 Å². The van der Waals surface area contributed by atoms with Crippen LogP contribution in [0.5, 0.6) is 0 Å². The summed E-state index contributed by atoms with van der Waals surface area (Å²) in [6.45, 7) is 6.43. The number of rotatable bonds is 6. The van der Waals surface area contributed by atoms with E-state index in [0.29, 0.717) is 10.9 Å². The van der Waals surface area contributed by atoms with Crippen molar-refractivity contribution in [2.45, 2.75) is 26.8 Å². The Morgan fingerprint density at radius 2 is 1.78 bits per heavy atom. The third-order valence-corrected chi connectivity index (χ3v) is 4.26. The number of carbonyl (C=O) groups excluding carboxylic acids is 1. The summed E-state index contributed by atoms with van der Waals surface area (Å²) < 4.78 is 0. The fourth-order valence-electron chi connectivity index (χ4n) is 2.54. The van der Waals surface area contributed by atoms with Crippen LogP contribution in [-0.2, 0) is 4.79 Å². The fourth-order valence-corrected chi connectivity index (χ4v) is 2.71. The molecule has 1 atom stereocenters. The SMILES string of the molecule is Cc1c(Cl)cccc1NC(=O)CN[C@H](c1ccccc1)C(C)C. The van der Waals surface area contributed by atoms with Crippen molar-refractivity contribution in [2.75, 3.05) is 11.9 Å². The molecule has 0 saturated carbocycles. The molecule has 2 N–H and O–H groups in total. The van der Waals surface area contributed by atoms with Gasteiger partial charge >= 0.3 is 0 Å². The van der Waals surface area contributed by atoms with E-state index < -0.39 is 0 Å². The van der Waals surface area contributed by atoms with Gasteiger partial charge in [0.25, 0.3) is 0 Å². The van der Waals surface area contributed by atoms with E-state index in [1.165, 1.54) is 5.56 Å². The fraction of sp³-hybridized carbons (Fsp3) is 0.316. The Labute approximate surface area is 143 Å². The van der Waals surface area contributed by atoms with Crippen molar-refractivity contribution < 1.29 is 4.79 Å². The number of hydrogen-bond acceptors (Lipinski definition) is 2. The number of amides is 1. The van der Waals surface area contributed by atoms with Gasteiger partial charge in [0.2, 0.25) is 5.91 Å². The van der Waals surface area contributed by atoms with Crippen LogP contribution < -0.4 is 10.6 Å². The van der Waals surface area contributed by atoms with Gasteiger partial charge in [0.05, 0.1) is 6.54 Å². The lowest BCUT2D eigenvalue weighted by Gasteiger charge is -2.23. The molecule has 1 amide bonds. The number of halogens is 1. The van der Waals surface area contributed by atoms with Crippen molar-refractivity contribution in [1.29, 1.82) is 0 Å². The summed E-state index contributed by atoms with van der Waals surface area (Å²) in [4.78, 5) is 12.2. The number of nitrogens with one attached hydrogen (secondary N) is 2. The van der Waals surface area contributed by atoms with Crippen LogP contribution in [0.2, 0.25) is 5.02 Å². The summed E-state index contributed by atoms with van der Waals surface area (Å²) in [5.74, 6) is 0.315. The minimum Gasteiger partial charge on any atom is -0.325 e. The lowest BCUT2D eigenvalue weighted by Crippen LogP contribution is -2.33. The molecule has 0 aliphatic rings. The van der Waals surface area contributed by atoms with Crippen LogP contribution in [0.15, 0.2) is 48.5 Å². The average molecular weight is 331 g/mol. The summed E-state index contributed by atoms with van der Waals surface area (Å²) in [7, 11) is 0. The predicted molar refractivity (Wildman–Crippen MR) is 96.8 cm³/mol. The molecular weight excluding hydrogens is 308 g/mol. The van der Waals surface area contributed by atoms with E-state index >= 15 is 0 Å². The van der Waals surface area contributed by atoms with Crippen LogP contribution in [0.3, 0.4) is 0 Å². The van der Waals surface area contributed by atoms with Crippen LogP contribution in [0.1, 0.15) is 31.0 Å². The molecule has 0 aromatic heterocycles. The van der Waals surface area contributed by atoms with Crippen LogP contribution >= 0.6 is 11.6 Å². The van der Waals surface area contributed by atoms with E-state index in [0.717, 1.165) is 11.3 Å². The molecule has 0 fully saturated rings. The van der Waals surface area contributed by atoms with Gasteiger partial charge in [-0.1, -0.05) is 61.8 Å². The van der Waals surface area contributed by atoms with Gasteiger partial charge in [-0.3, -0.25) is 4.79 Å². The number of carbonyl (C=O) groups is 1. The molecule has 0 aliphatic carbocycles. The molecule has 0 spiro atoms. The predicted octanol–water partition coefficient (Wildman–Crippen LogP) is 4.57. The van der Waals surface area contributed by atoms with Gasteiger partial charge in [0.1, 0.15) is 0 Å². The maximum atomic E-state index is 12.2. The van der Waals surface area contributed by atoms with Gasteiger partial charge in [-0.15, -0.1) is 0 Å². The van der Waals surface area contributed by atoms with Gasteiger partial charge < -0.3 is 10.6 Å². The molecule has 0 aliphatic heterocycles. The van der Waals surface area contributed by atoms with E-state index in [4.69, 9.17) is 11.6 Å². The van der Waals surface area contributed by atoms with Gasteiger partial charge in [-0.05, 0) is 36.1 Å². The quantitative estimate of drug-likeness (QED) is 0.814. The second-order valence-electron chi connectivity index (χ2n) is 5.97. The Bertz CT molecular complexity index is 656. The Morgan fingerprint density at radius 1 is 1.09 bits per heavy atom. The highest BCUT2D eigenvalue weighted by Gasteiger charge is 2.16. The maximum Gasteiger partial charge on any atom is 0.238 e. The summed E-state index contributed by atoms with van der Waals surface area (Å²) in [6, 6.07) is 15.8. The third-order valence-electron chi connectivity index (χ3n) is 3.85. The van der Waals surface area contributed by atoms with Gasteiger partial charge in [-0.2, -0.15) is 0 Å². The number of hydrogen-bond donors (Lipinski definition) is 2. The molecule has 0 saturated heterocycles.